The molecular weight excluding hydrogens is 791 g/mol. The molecule has 6 nitrogen and oxygen atoms in total. The first-order valence-corrected chi connectivity index (χ1v) is 28.6. The predicted octanol–water partition coefficient (Wildman–Crippen LogP) is 17.5. The van der Waals surface area contributed by atoms with Crippen molar-refractivity contribution < 1.29 is 24.5 Å². The van der Waals surface area contributed by atoms with Crippen LogP contribution < -0.4 is 5.32 Å². The van der Waals surface area contributed by atoms with Gasteiger partial charge in [0, 0.05) is 6.42 Å². The Morgan fingerprint density at radius 2 is 0.781 bits per heavy atom. The Labute approximate surface area is 399 Å². The van der Waals surface area contributed by atoms with E-state index < -0.39 is 18.2 Å². The van der Waals surface area contributed by atoms with Crippen molar-refractivity contribution in [2.75, 3.05) is 6.61 Å². The molecule has 64 heavy (non-hydrogen) atoms. The lowest BCUT2D eigenvalue weighted by molar-refractivity contribution is -0.151. The van der Waals surface area contributed by atoms with E-state index in [4.69, 9.17) is 4.74 Å². The minimum Gasteiger partial charge on any atom is -0.462 e. The van der Waals surface area contributed by atoms with Crippen molar-refractivity contribution in [2.24, 2.45) is 0 Å². The first-order chi connectivity index (χ1) is 31.5. The second-order valence-corrected chi connectivity index (χ2v) is 19.7. The molecule has 0 aromatic rings. The number of hydrogen-bond donors (Lipinski definition) is 3. The van der Waals surface area contributed by atoms with E-state index in [1.807, 2.05) is 0 Å². The van der Waals surface area contributed by atoms with Crippen LogP contribution in [0.4, 0.5) is 0 Å². The molecule has 0 rings (SSSR count). The predicted molar refractivity (Wildman–Crippen MR) is 278 cm³/mol. The van der Waals surface area contributed by atoms with Crippen molar-refractivity contribution >= 4 is 11.9 Å². The van der Waals surface area contributed by atoms with Gasteiger partial charge in [0.1, 0.15) is 6.10 Å². The standard InChI is InChI=1S/C58H111NO5/c1-4-7-10-13-16-19-22-25-27-28-30-32-35-38-41-44-47-50-56(61)55(53-60)59-57(62)52-54(49-46-43-40-37-34-31-24-21-18-15-12-9-6-3)64-58(63)51-48-45-42-39-36-33-29-26-23-20-17-14-11-8-5-2/h18,21,24,31,54-56,60-61H,4-17,19-20,22-23,25-30,32-53H2,1-3H3,(H,59,62)/b21-18+,31-24+. The van der Waals surface area contributed by atoms with Crippen molar-refractivity contribution in [1.29, 1.82) is 0 Å². The van der Waals surface area contributed by atoms with Crippen molar-refractivity contribution in [1.82, 2.24) is 5.32 Å². The Kier molecular flexibility index (Phi) is 51.0. The summed E-state index contributed by atoms with van der Waals surface area (Å²) in [5, 5.41) is 23.9. The Morgan fingerprint density at radius 1 is 0.453 bits per heavy atom. The lowest BCUT2D eigenvalue weighted by Crippen LogP contribution is -2.46. The normalized spacial score (nSPS) is 13.3. The van der Waals surface area contributed by atoms with E-state index >= 15 is 0 Å². The van der Waals surface area contributed by atoms with Gasteiger partial charge >= 0.3 is 5.97 Å². The lowest BCUT2D eigenvalue weighted by atomic mass is 10.0. The molecule has 3 atom stereocenters. The number of nitrogens with one attached hydrogen (secondary N) is 1. The van der Waals surface area contributed by atoms with Gasteiger partial charge in [0.15, 0.2) is 0 Å². The van der Waals surface area contributed by atoms with Crippen LogP contribution >= 0.6 is 0 Å². The second kappa shape index (κ2) is 52.3. The molecule has 3 unspecified atom stereocenters. The largest absolute Gasteiger partial charge is 0.462 e. The fraction of sp³-hybridized carbons (Fsp3) is 0.897. The number of allylic oxidation sites excluding steroid dienone is 4. The monoisotopic (exact) mass is 902 g/mol. The van der Waals surface area contributed by atoms with Crippen LogP contribution in [-0.4, -0.2) is 46.9 Å². The van der Waals surface area contributed by atoms with E-state index in [1.54, 1.807) is 0 Å². The van der Waals surface area contributed by atoms with Gasteiger partial charge < -0.3 is 20.3 Å². The first-order valence-electron chi connectivity index (χ1n) is 28.6. The van der Waals surface area contributed by atoms with Crippen LogP contribution in [0.3, 0.4) is 0 Å². The Balaban J connectivity index is 4.49. The van der Waals surface area contributed by atoms with Crippen molar-refractivity contribution in [2.45, 2.75) is 328 Å². The molecule has 0 aliphatic rings. The fourth-order valence-electron chi connectivity index (χ4n) is 8.95. The summed E-state index contributed by atoms with van der Waals surface area (Å²) >= 11 is 0. The number of carbonyl (C=O) groups is 2. The second-order valence-electron chi connectivity index (χ2n) is 19.7. The summed E-state index contributed by atoms with van der Waals surface area (Å²) in [5.74, 6) is -0.476. The summed E-state index contributed by atoms with van der Waals surface area (Å²) in [6, 6.07) is -0.704. The molecule has 0 aromatic heterocycles. The van der Waals surface area contributed by atoms with Crippen LogP contribution in [0.25, 0.3) is 0 Å². The van der Waals surface area contributed by atoms with Gasteiger partial charge in [0.25, 0.3) is 0 Å². The third-order valence-corrected chi connectivity index (χ3v) is 13.3. The zero-order valence-corrected chi connectivity index (χ0v) is 43.2. The lowest BCUT2D eigenvalue weighted by Gasteiger charge is -2.24. The third kappa shape index (κ3) is 46.9. The van der Waals surface area contributed by atoms with E-state index in [-0.39, 0.29) is 24.9 Å². The highest BCUT2D eigenvalue weighted by atomic mass is 16.5. The van der Waals surface area contributed by atoms with E-state index in [9.17, 15) is 19.8 Å². The molecule has 0 saturated heterocycles. The molecular formula is C58H111NO5. The molecule has 0 aliphatic carbocycles. The number of amides is 1. The van der Waals surface area contributed by atoms with Gasteiger partial charge in [0.2, 0.25) is 5.91 Å². The van der Waals surface area contributed by atoms with E-state index in [0.29, 0.717) is 19.3 Å². The minimum absolute atomic E-state index is 0.0697. The third-order valence-electron chi connectivity index (χ3n) is 13.3. The number of rotatable bonds is 52. The first kappa shape index (κ1) is 62.3. The average molecular weight is 903 g/mol. The fourth-order valence-corrected chi connectivity index (χ4v) is 8.95. The molecule has 0 aromatic carbocycles. The zero-order valence-electron chi connectivity index (χ0n) is 43.2. The number of unbranched alkanes of at least 4 members (excludes halogenated alkanes) is 37. The molecule has 0 spiro atoms. The Bertz CT molecular complexity index is 1010. The number of aliphatic hydroxyl groups is 2. The summed E-state index contributed by atoms with van der Waals surface area (Å²) in [5.41, 5.74) is 0. The van der Waals surface area contributed by atoms with Gasteiger partial charge in [-0.3, -0.25) is 9.59 Å². The van der Waals surface area contributed by atoms with E-state index in [2.05, 4.69) is 50.4 Å². The smallest absolute Gasteiger partial charge is 0.306 e. The maximum Gasteiger partial charge on any atom is 0.306 e. The highest BCUT2D eigenvalue weighted by Gasteiger charge is 2.24. The van der Waals surface area contributed by atoms with Gasteiger partial charge in [-0.1, -0.05) is 270 Å². The van der Waals surface area contributed by atoms with Gasteiger partial charge in [-0.25, -0.2) is 0 Å². The van der Waals surface area contributed by atoms with Crippen LogP contribution in [0.5, 0.6) is 0 Å². The van der Waals surface area contributed by atoms with Gasteiger partial charge in [-0.05, 0) is 51.4 Å². The van der Waals surface area contributed by atoms with Crippen LogP contribution in [0.1, 0.15) is 310 Å². The van der Waals surface area contributed by atoms with Crippen LogP contribution in [0.15, 0.2) is 24.3 Å². The topological polar surface area (TPSA) is 95.9 Å². The molecule has 0 fully saturated rings. The molecule has 0 aliphatic heterocycles. The minimum atomic E-state index is -0.790. The number of carbonyl (C=O) groups excluding carboxylic acids is 2. The van der Waals surface area contributed by atoms with Crippen molar-refractivity contribution in [3.05, 3.63) is 24.3 Å². The summed E-state index contributed by atoms with van der Waals surface area (Å²) in [4.78, 5) is 26.2. The highest BCUT2D eigenvalue weighted by molar-refractivity contribution is 5.77. The van der Waals surface area contributed by atoms with Gasteiger partial charge in [0.05, 0.1) is 25.2 Å². The number of esters is 1. The number of aliphatic hydroxyl groups excluding tert-OH is 2. The molecule has 6 heteroatoms. The summed E-state index contributed by atoms with van der Waals surface area (Å²) < 4.78 is 5.95. The van der Waals surface area contributed by atoms with Crippen LogP contribution in [0, 0.1) is 0 Å². The summed E-state index contributed by atoms with van der Waals surface area (Å²) in [6.07, 6.45) is 61.0. The molecule has 0 saturated carbocycles. The maximum atomic E-state index is 13.2. The highest BCUT2D eigenvalue weighted by Crippen LogP contribution is 2.19. The SMILES string of the molecule is CCCCC/C=C/C=C/CCCCCCC(CC(=O)NC(CO)C(O)CCCCCCCCCCCCCCCCCCC)OC(=O)CCCCCCCCCCCCCCCCC. The molecule has 0 radical (unpaired) electrons. The Morgan fingerprint density at radius 3 is 1.19 bits per heavy atom. The van der Waals surface area contributed by atoms with Crippen LogP contribution in [-0.2, 0) is 14.3 Å². The quantitative estimate of drug-likeness (QED) is 0.0321. The number of ether oxygens (including phenoxy) is 1. The van der Waals surface area contributed by atoms with Crippen molar-refractivity contribution in [3.63, 3.8) is 0 Å². The van der Waals surface area contributed by atoms with Crippen LogP contribution in [0.2, 0.25) is 0 Å². The number of hydrogen-bond acceptors (Lipinski definition) is 5. The summed E-state index contributed by atoms with van der Waals surface area (Å²) in [6.45, 7) is 6.49. The van der Waals surface area contributed by atoms with Gasteiger partial charge in [-0.2, -0.15) is 0 Å². The molecule has 0 heterocycles. The average Bonchev–Trinajstić information content (AvgIpc) is 3.29. The van der Waals surface area contributed by atoms with Crippen molar-refractivity contribution in [3.8, 4) is 0 Å². The molecule has 3 N–H and O–H groups in total. The molecule has 0 bridgehead atoms. The summed E-state index contributed by atoms with van der Waals surface area (Å²) in [7, 11) is 0. The maximum absolute atomic E-state index is 13.2. The van der Waals surface area contributed by atoms with E-state index in [1.165, 1.54) is 193 Å². The molecule has 378 valence electrons. The van der Waals surface area contributed by atoms with Gasteiger partial charge in [-0.15, -0.1) is 0 Å². The molecule has 1 amide bonds. The zero-order chi connectivity index (χ0) is 46.7. The van der Waals surface area contributed by atoms with E-state index in [0.717, 1.165) is 70.6 Å². The Hall–Kier alpha value is -1.66.